The molecule has 0 radical (unpaired) electrons. The molecule has 3 N–H and O–H groups in total. The van der Waals surface area contributed by atoms with Gasteiger partial charge in [-0.3, -0.25) is 0 Å². The number of hydrogen-bond acceptors (Lipinski definition) is 3. The van der Waals surface area contributed by atoms with Crippen LogP contribution >= 0.6 is 11.6 Å². The molecule has 1 fully saturated rings. The second-order valence-electron chi connectivity index (χ2n) is 5.54. The van der Waals surface area contributed by atoms with Gasteiger partial charge in [0.25, 0.3) is 0 Å². The first kappa shape index (κ1) is 14.5. The van der Waals surface area contributed by atoms with Crippen molar-refractivity contribution in [2.45, 2.75) is 51.5 Å². The first-order valence-corrected chi connectivity index (χ1v) is 7.15. The topological polar surface area (TPSA) is 55.5 Å². The minimum atomic E-state index is -0.489. The highest BCUT2D eigenvalue weighted by Crippen LogP contribution is 2.48. The lowest BCUT2D eigenvalue weighted by molar-refractivity contribution is 0.285. The van der Waals surface area contributed by atoms with Gasteiger partial charge >= 0.3 is 0 Å². The van der Waals surface area contributed by atoms with Gasteiger partial charge in [0.2, 0.25) is 0 Å². The van der Waals surface area contributed by atoms with Gasteiger partial charge < -0.3 is 15.6 Å². The predicted molar refractivity (Wildman–Crippen MR) is 78.1 cm³/mol. The fourth-order valence-electron chi connectivity index (χ4n) is 3.25. The molecule has 1 aromatic carbocycles. The van der Waals surface area contributed by atoms with Crippen LogP contribution < -0.4 is 10.5 Å². The Morgan fingerprint density at radius 2 is 1.74 bits per heavy atom. The fraction of sp³-hybridized carbons (Fsp3) is 0.600. The lowest BCUT2D eigenvalue weighted by Gasteiger charge is -2.36. The molecule has 0 aromatic heterocycles. The van der Waals surface area contributed by atoms with Crippen LogP contribution in [0.5, 0.6) is 11.5 Å². The molecule has 1 aliphatic rings. The molecule has 0 spiro atoms. The van der Waals surface area contributed by atoms with E-state index in [1.54, 1.807) is 7.11 Å². The molecule has 0 bridgehead atoms. The quantitative estimate of drug-likeness (QED) is 0.868. The Labute approximate surface area is 119 Å². The minimum absolute atomic E-state index is 0.159. The van der Waals surface area contributed by atoms with Crippen molar-refractivity contribution in [1.29, 1.82) is 0 Å². The maximum absolute atomic E-state index is 10.5. The largest absolute Gasteiger partial charge is 0.504 e. The summed E-state index contributed by atoms with van der Waals surface area (Å²) in [4.78, 5) is 0. The van der Waals surface area contributed by atoms with E-state index in [1.165, 1.54) is 6.42 Å². The van der Waals surface area contributed by atoms with Gasteiger partial charge in [-0.05, 0) is 32.3 Å². The molecule has 1 aromatic rings. The number of ether oxygens (including phenoxy) is 1. The molecule has 0 unspecified atom stereocenters. The number of rotatable bonds is 2. The Morgan fingerprint density at radius 1 is 1.16 bits per heavy atom. The summed E-state index contributed by atoms with van der Waals surface area (Å²) < 4.78 is 5.30. The molecule has 19 heavy (non-hydrogen) atoms. The molecule has 4 heteroatoms. The molecule has 0 saturated heterocycles. The van der Waals surface area contributed by atoms with E-state index in [1.807, 2.05) is 13.8 Å². The number of benzene rings is 1. The smallest absolute Gasteiger partial charge is 0.165 e. The van der Waals surface area contributed by atoms with Crippen LogP contribution in [0.1, 0.15) is 48.8 Å². The van der Waals surface area contributed by atoms with Gasteiger partial charge in [0, 0.05) is 16.7 Å². The minimum Gasteiger partial charge on any atom is -0.504 e. The van der Waals surface area contributed by atoms with E-state index in [0.717, 1.165) is 42.4 Å². The van der Waals surface area contributed by atoms with Crippen molar-refractivity contribution in [3.8, 4) is 11.5 Å². The van der Waals surface area contributed by atoms with Crippen molar-refractivity contribution < 1.29 is 9.84 Å². The Morgan fingerprint density at radius 3 is 2.26 bits per heavy atom. The van der Waals surface area contributed by atoms with E-state index in [2.05, 4.69) is 0 Å². The van der Waals surface area contributed by atoms with Gasteiger partial charge in [0.05, 0.1) is 12.1 Å². The number of aromatic hydroxyl groups is 1. The molecule has 1 saturated carbocycles. The van der Waals surface area contributed by atoms with E-state index in [-0.39, 0.29) is 5.75 Å². The van der Waals surface area contributed by atoms with E-state index in [9.17, 15) is 5.11 Å². The van der Waals surface area contributed by atoms with Gasteiger partial charge in [-0.25, -0.2) is 0 Å². The number of methoxy groups -OCH3 is 1. The molecule has 0 heterocycles. The average Bonchev–Trinajstić information content (AvgIpc) is 2.37. The van der Waals surface area contributed by atoms with Crippen molar-refractivity contribution in [1.82, 2.24) is 0 Å². The Kier molecular flexibility index (Phi) is 3.98. The summed E-state index contributed by atoms with van der Waals surface area (Å²) >= 11 is 6.37. The van der Waals surface area contributed by atoms with Crippen LogP contribution in [0.25, 0.3) is 0 Å². The molecule has 0 aliphatic heterocycles. The van der Waals surface area contributed by atoms with E-state index in [0.29, 0.717) is 10.8 Å². The molecule has 3 nitrogen and oxygen atoms in total. The van der Waals surface area contributed by atoms with E-state index < -0.39 is 5.54 Å². The first-order valence-electron chi connectivity index (χ1n) is 6.77. The summed E-state index contributed by atoms with van der Waals surface area (Å²) in [5.74, 6) is 0.604. The second kappa shape index (κ2) is 5.22. The van der Waals surface area contributed by atoms with Gasteiger partial charge in [0.15, 0.2) is 11.5 Å². The summed E-state index contributed by atoms with van der Waals surface area (Å²) in [5, 5.41) is 11.2. The van der Waals surface area contributed by atoms with E-state index in [4.69, 9.17) is 22.1 Å². The SMILES string of the molecule is COc1c(C)c(Cl)c(C)c(C2(N)CCCCC2)c1O. The second-order valence-corrected chi connectivity index (χ2v) is 5.92. The van der Waals surface area contributed by atoms with Gasteiger partial charge in [-0.2, -0.15) is 0 Å². The van der Waals surface area contributed by atoms with Gasteiger partial charge in [-0.15, -0.1) is 0 Å². The Bertz CT molecular complexity index is 494. The van der Waals surface area contributed by atoms with Gasteiger partial charge in [-0.1, -0.05) is 30.9 Å². The molecular formula is C15H22ClNO2. The standard InChI is InChI=1S/C15H22ClNO2/c1-9-11(15(17)7-5-4-6-8-15)13(18)14(19-3)10(2)12(9)16/h18H,4-8,17H2,1-3H3. The number of phenols is 1. The van der Waals surface area contributed by atoms with Crippen molar-refractivity contribution in [2.24, 2.45) is 5.73 Å². The maximum atomic E-state index is 10.5. The van der Waals surface area contributed by atoms with Crippen LogP contribution in [0.3, 0.4) is 0 Å². The zero-order valence-electron chi connectivity index (χ0n) is 11.8. The monoisotopic (exact) mass is 283 g/mol. The number of hydrogen-bond donors (Lipinski definition) is 2. The zero-order chi connectivity index (χ0) is 14.2. The van der Waals surface area contributed by atoms with Crippen molar-refractivity contribution in [3.05, 3.63) is 21.7 Å². The van der Waals surface area contributed by atoms with Crippen LogP contribution in [0.4, 0.5) is 0 Å². The molecule has 1 aliphatic carbocycles. The van der Waals surface area contributed by atoms with Crippen LogP contribution in [0, 0.1) is 13.8 Å². The van der Waals surface area contributed by atoms with E-state index >= 15 is 0 Å². The van der Waals surface area contributed by atoms with Crippen LogP contribution in [-0.4, -0.2) is 12.2 Å². The third-order valence-corrected chi connectivity index (χ3v) is 4.84. The average molecular weight is 284 g/mol. The molecule has 0 amide bonds. The number of nitrogens with two attached hydrogens (primary N) is 1. The first-order chi connectivity index (χ1) is 8.92. The van der Waals surface area contributed by atoms with Crippen molar-refractivity contribution in [3.63, 3.8) is 0 Å². The zero-order valence-corrected chi connectivity index (χ0v) is 12.6. The van der Waals surface area contributed by atoms with Crippen LogP contribution in [-0.2, 0) is 5.54 Å². The van der Waals surface area contributed by atoms with Gasteiger partial charge in [0.1, 0.15) is 0 Å². The third-order valence-electron chi connectivity index (χ3n) is 4.27. The summed E-state index contributed by atoms with van der Waals surface area (Å²) in [6.07, 6.45) is 5.13. The predicted octanol–water partition coefficient (Wildman–Crippen LogP) is 3.79. The van der Waals surface area contributed by atoms with Crippen molar-refractivity contribution in [2.75, 3.05) is 7.11 Å². The lowest BCUT2D eigenvalue weighted by Crippen LogP contribution is -2.39. The molecule has 106 valence electrons. The highest BCUT2D eigenvalue weighted by atomic mass is 35.5. The summed E-state index contributed by atoms with van der Waals surface area (Å²) in [6, 6.07) is 0. The lowest BCUT2D eigenvalue weighted by atomic mass is 9.75. The van der Waals surface area contributed by atoms with Crippen LogP contribution in [0.15, 0.2) is 0 Å². The summed E-state index contributed by atoms with van der Waals surface area (Å²) in [7, 11) is 1.54. The fourth-order valence-corrected chi connectivity index (χ4v) is 3.43. The number of phenolic OH excluding ortho intramolecular Hbond substituents is 1. The molecule has 0 atom stereocenters. The Balaban J connectivity index is 2.65. The summed E-state index contributed by atoms with van der Waals surface area (Å²) in [5.41, 5.74) is 8.47. The number of halogens is 1. The normalized spacial score (nSPS) is 18.4. The maximum Gasteiger partial charge on any atom is 0.165 e. The van der Waals surface area contributed by atoms with Crippen molar-refractivity contribution >= 4 is 11.6 Å². The Hall–Kier alpha value is -0.930. The van der Waals surface area contributed by atoms with Crippen LogP contribution in [0.2, 0.25) is 5.02 Å². The highest BCUT2D eigenvalue weighted by molar-refractivity contribution is 6.32. The molecular weight excluding hydrogens is 262 g/mol. The third kappa shape index (κ3) is 2.30. The highest BCUT2D eigenvalue weighted by Gasteiger charge is 2.36. The molecule has 2 rings (SSSR count). The summed E-state index contributed by atoms with van der Waals surface area (Å²) in [6.45, 7) is 3.77.